The molecule has 0 saturated carbocycles. The number of nitrogens with zero attached hydrogens (tertiary/aromatic N) is 5. The van der Waals surface area contributed by atoms with Gasteiger partial charge in [-0.1, -0.05) is 18.2 Å². The summed E-state index contributed by atoms with van der Waals surface area (Å²) < 4.78 is 0. The molecule has 0 spiro atoms. The summed E-state index contributed by atoms with van der Waals surface area (Å²) in [5.41, 5.74) is 3.43. The summed E-state index contributed by atoms with van der Waals surface area (Å²) in [6.45, 7) is 0. The number of benzene rings is 1. The van der Waals surface area contributed by atoms with E-state index in [2.05, 4.69) is 4.90 Å². The average Bonchev–Trinajstić information content (AvgIpc) is 2.66. The van der Waals surface area contributed by atoms with E-state index >= 15 is 0 Å². The first-order chi connectivity index (χ1) is 13.0. The van der Waals surface area contributed by atoms with Crippen molar-refractivity contribution in [2.75, 3.05) is 33.1 Å². The van der Waals surface area contributed by atoms with Crippen molar-refractivity contribution < 1.29 is 0 Å². The highest BCUT2D eigenvalue weighted by molar-refractivity contribution is 5.69. The molecule has 0 amide bonds. The average molecular weight is 357 g/mol. The van der Waals surface area contributed by atoms with Gasteiger partial charge in [0.2, 0.25) is 0 Å². The Labute approximate surface area is 161 Å². The lowest BCUT2D eigenvalue weighted by Crippen LogP contribution is -2.23. The van der Waals surface area contributed by atoms with Gasteiger partial charge < -0.3 is 14.7 Å². The molecule has 0 aliphatic carbocycles. The summed E-state index contributed by atoms with van der Waals surface area (Å²) in [4.78, 5) is 5.98. The Kier molecular flexibility index (Phi) is 6.63. The van der Waals surface area contributed by atoms with Crippen molar-refractivity contribution in [2.45, 2.75) is 0 Å². The van der Waals surface area contributed by atoms with Crippen LogP contribution in [0.1, 0.15) is 0 Å². The van der Waals surface area contributed by atoms with Gasteiger partial charge in [-0.3, -0.25) is 0 Å². The molecule has 136 valence electrons. The van der Waals surface area contributed by atoms with E-state index in [1.165, 1.54) is 0 Å². The van der Waals surface area contributed by atoms with Crippen LogP contribution in [-0.2, 0) is 0 Å². The van der Waals surface area contributed by atoms with Crippen LogP contribution in [0.5, 0.6) is 0 Å². The van der Waals surface area contributed by atoms with Crippen molar-refractivity contribution in [1.29, 1.82) is 10.5 Å². The van der Waals surface area contributed by atoms with Crippen molar-refractivity contribution in [2.24, 2.45) is 0 Å². The second kappa shape index (κ2) is 9.12. The molecular weight excluding hydrogens is 334 g/mol. The minimum Gasteiger partial charge on any atom is -0.383 e. The first kappa shape index (κ1) is 19.6. The molecule has 5 nitrogen and oxygen atoms in total. The number of hydrogen-bond donors (Lipinski definition) is 0. The third kappa shape index (κ3) is 5.14. The highest BCUT2D eigenvalue weighted by Crippen LogP contribution is 2.32. The molecule has 1 aromatic rings. The molecule has 0 saturated heterocycles. The topological polar surface area (TPSA) is 57.3 Å². The van der Waals surface area contributed by atoms with Gasteiger partial charge in [0.25, 0.3) is 0 Å². The number of hydrogen-bond acceptors (Lipinski definition) is 5. The van der Waals surface area contributed by atoms with Gasteiger partial charge in [-0.05, 0) is 36.4 Å². The first-order valence-electron chi connectivity index (χ1n) is 8.48. The van der Waals surface area contributed by atoms with Gasteiger partial charge in [0.05, 0.1) is 0 Å². The van der Waals surface area contributed by atoms with Crippen molar-refractivity contribution in [3.8, 4) is 12.1 Å². The molecule has 2 rings (SSSR count). The Morgan fingerprint density at radius 3 is 1.74 bits per heavy atom. The molecule has 1 heterocycles. The summed E-state index contributed by atoms with van der Waals surface area (Å²) in [5.74, 6) is 0. The fourth-order valence-corrected chi connectivity index (χ4v) is 2.51. The zero-order chi connectivity index (χ0) is 19.8. The van der Waals surface area contributed by atoms with Gasteiger partial charge in [-0.2, -0.15) is 10.5 Å². The quantitative estimate of drug-likeness (QED) is 0.751. The molecule has 1 aliphatic rings. The van der Waals surface area contributed by atoms with E-state index in [-0.39, 0.29) is 5.57 Å². The molecular formula is C22H23N5. The predicted octanol–water partition coefficient (Wildman–Crippen LogP) is 3.77. The molecule has 0 fully saturated rings. The number of anilines is 1. The number of rotatable bonds is 5. The van der Waals surface area contributed by atoms with Crippen LogP contribution in [0.15, 0.2) is 89.6 Å². The van der Waals surface area contributed by atoms with E-state index in [4.69, 9.17) is 0 Å². The second-order valence-corrected chi connectivity index (χ2v) is 6.42. The largest absolute Gasteiger partial charge is 0.383 e. The summed E-state index contributed by atoms with van der Waals surface area (Å²) in [6, 6.07) is 14.0. The first-order valence-corrected chi connectivity index (χ1v) is 8.48. The molecule has 0 unspecified atom stereocenters. The highest BCUT2D eigenvalue weighted by atomic mass is 15.2. The van der Waals surface area contributed by atoms with Crippen LogP contribution in [0.4, 0.5) is 5.69 Å². The minimum atomic E-state index is 0.0919. The van der Waals surface area contributed by atoms with Gasteiger partial charge >= 0.3 is 0 Å². The van der Waals surface area contributed by atoms with Crippen molar-refractivity contribution in [1.82, 2.24) is 9.80 Å². The third-order valence-electron chi connectivity index (χ3n) is 3.74. The zero-order valence-electron chi connectivity index (χ0n) is 16.1. The Morgan fingerprint density at radius 2 is 1.33 bits per heavy atom. The third-order valence-corrected chi connectivity index (χ3v) is 3.74. The van der Waals surface area contributed by atoms with Crippen LogP contribution in [0.25, 0.3) is 0 Å². The highest BCUT2D eigenvalue weighted by Gasteiger charge is 2.20. The minimum absolute atomic E-state index is 0.0919. The van der Waals surface area contributed by atoms with E-state index in [1.807, 2.05) is 117 Å². The Bertz CT molecular complexity index is 846. The van der Waals surface area contributed by atoms with Crippen LogP contribution >= 0.6 is 0 Å². The molecule has 0 bridgehead atoms. The molecule has 27 heavy (non-hydrogen) atoms. The maximum atomic E-state index is 9.32. The van der Waals surface area contributed by atoms with Crippen molar-refractivity contribution in [3.05, 3.63) is 89.6 Å². The normalized spacial score (nSPS) is 13.9. The lowest BCUT2D eigenvalue weighted by molar-refractivity contribution is 0.562. The molecule has 0 aromatic heterocycles. The molecule has 1 aliphatic heterocycles. The van der Waals surface area contributed by atoms with Crippen LogP contribution in [0.3, 0.4) is 0 Å². The summed E-state index contributed by atoms with van der Waals surface area (Å²) in [6.07, 6.45) is 11.5. The molecule has 0 atom stereocenters. The molecule has 0 N–H and O–H groups in total. The maximum Gasteiger partial charge on any atom is 0.137 e. The van der Waals surface area contributed by atoms with Gasteiger partial charge in [-0.25, -0.2) is 0 Å². The van der Waals surface area contributed by atoms with Crippen molar-refractivity contribution >= 4 is 5.69 Å². The van der Waals surface area contributed by atoms with E-state index in [9.17, 15) is 10.5 Å². The number of allylic oxidation sites excluding steroid dienone is 6. The molecule has 1 aromatic carbocycles. The smallest absolute Gasteiger partial charge is 0.137 e. The zero-order valence-corrected chi connectivity index (χ0v) is 16.1. The van der Waals surface area contributed by atoms with Crippen molar-refractivity contribution in [3.63, 3.8) is 0 Å². The SMILES string of the molecule is CN(C)/C=C/C1=CC(=C(C#N)C#N)C=C(/C=C/N(C)C)N1c1ccccc1. The van der Waals surface area contributed by atoms with Gasteiger partial charge in [-0.15, -0.1) is 0 Å². The standard InChI is InChI=1S/C22H23N5/c1-25(2)12-10-21-14-18(19(16-23)17-24)15-22(11-13-26(3)4)27(21)20-8-6-5-7-9-20/h5-15H,1-4H3/b12-10+,13-11+. The lowest BCUT2D eigenvalue weighted by atomic mass is 10.0. The van der Waals surface area contributed by atoms with Gasteiger partial charge in [0.1, 0.15) is 17.7 Å². The lowest BCUT2D eigenvalue weighted by Gasteiger charge is -2.31. The van der Waals surface area contributed by atoms with E-state index < -0.39 is 0 Å². The van der Waals surface area contributed by atoms with Crippen LogP contribution < -0.4 is 4.90 Å². The fraction of sp³-hybridized carbons (Fsp3) is 0.182. The van der Waals surface area contributed by atoms with Gasteiger partial charge in [0, 0.05) is 63.2 Å². The summed E-state index contributed by atoms with van der Waals surface area (Å²) >= 11 is 0. The molecule has 5 heteroatoms. The van der Waals surface area contributed by atoms with Crippen LogP contribution in [0.2, 0.25) is 0 Å². The maximum absolute atomic E-state index is 9.32. The number of para-hydroxylation sites is 1. The summed E-state index contributed by atoms with van der Waals surface area (Å²) in [7, 11) is 7.79. The monoisotopic (exact) mass is 357 g/mol. The van der Waals surface area contributed by atoms with E-state index in [1.54, 1.807) is 0 Å². The predicted molar refractivity (Wildman–Crippen MR) is 109 cm³/mol. The van der Waals surface area contributed by atoms with Gasteiger partial charge in [0.15, 0.2) is 0 Å². The van der Waals surface area contributed by atoms with Crippen LogP contribution in [-0.4, -0.2) is 38.0 Å². The number of nitriles is 2. The summed E-state index contributed by atoms with van der Waals surface area (Å²) in [5, 5.41) is 18.6. The Morgan fingerprint density at radius 1 is 0.852 bits per heavy atom. The Balaban J connectivity index is 2.69. The van der Waals surface area contributed by atoms with Crippen LogP contribution in [0, 0.1) is 22.7 Å². The van der Waals surface area contributed by atoms with E-state index in [0.29, 0.717) is 5.57 Å². The molecule has 0 radical (unpaired) electrons. The second-order valence-electron chi connectivity index (χ2n) is 6.42. The van der Waals surface area contributed by atoms with E-state index in [0.717, 1.165) is 17.1 Å². The Hall–Kier alpha value is -3.70. The fourth-order valence-electron chi connectivity index (χ4n) is 2.51.